The number of rotatable bonds is 7. The van der Waals surface area contributed by atoms with Crippen molar-refractivity contribution in [3.05, 3.63) is 0 Å². The Hall–Kier alpha value is -1.63. The van der Waals surface area contributed by atoms with Crippen molar-refractivity contribution in [1.29, 1.82) is 0 Å². The fourth-order valence-corrected chi connectivity index (χ4v) is 5.59. The van der Waals surface area contributed by atoms with Gasteiger partial charge in [-0.1, -0.05) is 44.9 Å². The minimum atomic E-state index is -0.952. The standard InChI is InChI=1S/C21H34N2O5/c1-13(22-16(20(25)26)11-14-7-3-2-4-8-14)19(24)23-17-10-6-5-9-15(17)12-18(23)21(27)28/h13-18,22H,2-12H2,1H3,(H,25,26)(H,27,28)/t13-,15?,16?,17?,18?/m0/s1. The summed E-state index contributed by atoms with van der Waals surface area (Å²) < 4.78 is 0. The summed E-state index contributed by atoms with van der Waals surface area (Å²) in [7, 11) is 0. The van der Waals surface area contributed by atoms with Gasteiger partial charge < -0.3 is 15.1 Å². The van der Waals surface area contributed by atoms with Crippen LogP contribution in [0.1, 0.15) is 77.6 Å². The summed E-state index contributed by atoms with van der Waals surface area (Å²) >= 11 is 0. The summed E-state index contributed by atoms with van der Waals surface area (Å²) in [6.07, 6.45) is 10.6. The first kappa shape index (κ1) is 21.1. The SMILES string of the molecule is C[C@H](NC(CC1CCCCC1)C(=O)O)C(=O)N1C(C(=O)O)CC2CCCCC21. The number of amides is 1. The van der Waals surface area contributed by atoms with Crippen molar-refractivity contribution in [2.75, 3.05) is 0 Å². The number of carbonyl (C=O) groups excluding carboxylic acids is 1. The third-order valence-electron chi connectivity index (χ3n) is 7.04. The van der Waals surface area contributed by atoms with Crippen LogP contribution in [0.25, 0.3) is 0 Å². The Balaban J connectivity index is 1.66. The lowest BCUT2D eigenvalue weighted by Crippen LogP contribution is -2.55. The van der Waals surface area contributed by atoms with E-state index in [2.05, 4.69) is 5.32 Å². The van der Waals surface area contributed by atoms with E-state index in [1.54, 1.807) is 11.8 Å². The molecule has 0 aromatic heterocycles. The lowest BCUT2D eigenvalue weighted by atomic mass is 9.84. The van der Waals surface area contributed by atoms with E-state index in [4.69, 9.17) is 0 Å². The lowest BCUT2D eigenvalue weighted by molar-refractivity contribution is -0.151. The molecule has 1 amide bonds. The van der Waals surface area contributed by atoms with Crippen molar-refractivity contribution < 1.29 is 24.6 Å². The van der Waals surface area contributed by atoms with Gasteiger partial charge in [0.1, 0.15) is 12.1 Å². The van der Waals surface area contributed by atoms with Gasteiger partial charge in [0.15, 0.2) is 0 Å². The summed E-state index contributed by atoms with van der Waals surface area (Å²) in [5.41, 5.74) is 0. The highest BCUT2D eigenvalue weighted by atomic mass is 16.4. The Kier molecular flexibility index (Phi) is 6.96. The molecular weight excluding hydrogens is 360 g/mol. The molecule has 4 unspecified atom stereocenters. The molecule has 2 aliphatic carbocycles. The van der Waals surface area contributed by atoms with Crippen LogP contribution in [0.4, 0.5) is 0 Å². The number of nitrogens with one attached hydrogen (secondary N) is 1. The molecule has 5 atom stereocenters. The molecule has 0 aromatic carbocycles. The smallest absolute Gasteiger partial charge is 0.326 e. The van der Waals surface area contributed by atoms with Gasteiger partial charge in [-0.2, -0.15) is 0 Å². The molecular formula is C21H34N2O5. The molecule has 0 radical (unpaired) electrons. The van der Waals surface area contributed by atoms with Crippen LogP contribution in [0, 0.1) is 11.8 Å². The maximum atomic E-state index is 13.2. The van der Waals surface area contributed by atoms with Crippen molar-refractivity contribution in [2.45, 2.75) is 102 Å². The highest BCUT2D eigenvalue weighted by molar-refractivity contribution is 5.88. The van der Waals surface area contributed by atoms with Gasteiger partial charge in [-0.15, -0.1) is 0 Å². The number of carboxylic acids is 2. The van der Waals surface area contributed by atoms with Crippen molar-refractivity contribution in [1.82, 2.24) is 10.2 Å². The number of carbonyl (C=O) groups is 3. The molecule has 0 spiro atoms. The number of fused-ring (bicyclic) bond motifs is 1. The Morgan fingerprint density at radius 3 is 2.29 bits per heavy atom. The second kappa shape index (κ2) is 9.25. The molecule has 2 saturated carbocycles. The van der Waals surface area contributed by atoms with Gasteiger partial charge in [0.2, 0.25) is 5.91 Å². The van der Waals surface area contributed by atoms with Crippen LogP contribution in [-0.2, 0) is 14.4 Å². The first-order valence-electron chi connectivity index (χ1n) is 10.9. The predicted molar refractivity (Wildman–Crippen MR) is 104 cm³/mol. The molecule has 158 valence electrons. The Bertz CT molecular complexity index is 589. The molecule has 7 heteroatoms. The topological polar surface area (TPSA) is 107 Å². The molecule has 0 bridgehead atoms. The number of hydrogen-bond acceptors (Lipinski definition) is 4. The normalized spacial score (nSPS) is 30.5. The number of carboxylic acid groups (broad SMARTS) is 2. The fourth-order valence-electron chi connectivity index (χ4n) is 5.59. The number of hydrogen-bond donors (Lipinski definition) is 3. The highest BCUT2D eigenvalue weighted by Gasteiger charge is 2.48. The fraction of sp³-hybridized carbons (Fsp3) is 0.857. The third-order valence-corrected chi connectivity index (χ3v) is 7.04. The molecule has 28 heavy (non-hydrogen) atoms. The zero-order chi connectivity index (χ0) is 20.3. The number of aliphatic carboxylic acids is 2. The molecule has 3 aliphatic rings. The molecule has 7 nitrogen and oxygen atoms in total. The molecule has 1 aliphatic heterocycles. The van der Waals surface area contributed by atoms with Crippen LogP contribution in [0.2, 0.25) is 0 Å². The van der Waals surface area contributed by atoms with E-state index in [9.17, 15) is 24.6 Å². The monoisotopic (exact) mass is 394 g/mol. The average molecular weight is 395 g/mol. The van der Waals surface area contributed by atoms with Gasteiger partial charge >= 0.3 is 11.9 Å². The van der Waals surface area contributed by atoms with E-state index < -0.39 is 30.1 Å². The van der Waals surface area contributed by atoms with Gasteiger partial charge in [-0.3, -0.25) is 14.9 Å². The molecule has 3 rings (SSSR count). The van der Waals surface area contributed by atoms with Crippen molar-refractivity contribution >= 4 is 17.8 Å². The van der Waals surface area contributed by atoms with Gasteiger partial charge in [0, 0.05) is 6.04 Å². The van der Waals surface area contributed by atoms with Gasteiger partial charge in [0.25, 0.3) is 0 Å². The Morgan fingerprint density at radius 2 is 1.64 bits per heavy atom. The quantitative estimate of drug-likeness (QED) is 0.613. The van der Waals surface area contributed by atoms with Gasteiger partial charge in [0.05, 0.1) is 6.04 Å². The Labute approximate surface area is 166 Å². The zero-order valence-electron chi connectivity index (χ0n) is 16.8. The van der Waals surface area contributed by atoms with E-state index >= 15 is 0 Å². The summed E-state index contributed by atoms with van der Waals surface area (Å²) in [6, 6.07) is -2.28. The van der Waals surface area contributed by atoms with Crippen LogP contribution in [0.3, 0.4) is 0 Å². The lowest BCUT2D eigenvalue weighted by Gasteiger charge is -2.35. The number of nitrogens with zero attached hydrogens (tertiary/aromatic N) is 1. The third kappa shape index (κ3) is 4.67. The summed E-state index contributed by atoms with van der Waals surface area (Å²) in [5, 5.41) is 22.3. The summed E-state index contributed by atoms with van der Waals surface area (Å²) in [6.45, 7) is 1.67. The van der Waals surface area contributed by atoms with E-state index in [1.807, 2.05) is 0 Å². The van der Waals surface area contributed by atoms with Crippen LogP contribution >= 0.6 is 0 Å². The maximum absolute atomic E-state index is 13.2. The van der Waals surface area contributed by atoms with Crippen LogP contribution in [0.15, 0.2) is 0 Å². The van der Waals surface area contributed by atoms with Crippen LogP contribution < -0.4 is 5.32 Å². The predicted octanol–water partition coefficient (Wildman–Crippen LogP) is 2.63. The molecule has 3 fully saturated rings. The summed E-state index contributed by atoms with van der Waals surface area (Å²) in [5.74, 6) is -1.52. The first-order valence-corrected chi connectivity index (χ1v) is 10.9. The molecule has 3 N–H and O–H groups in total. The first-order chi connectivity index (χ1) is 13.4. The van der Waals surface area contributed by atoms with E-state index in [1.165, 1.54) is 6.42 Å². The minimum Gasteiger partial charge on any atom is -0.480 e. The average Bonchev–Trinajstić information content (AvgIpc) is 3.07. The largest absolute Gasteiger partial charge is 0.480 e. The summed E-state index contributed by atoms with van der Waals surface area (Å²) in [4.78, 5) is 38.3. The van der Waals surface area contributed by atoms with Crippen molar-refractivity contribution in [3.8, 4) is 0 Å². The van der Waals surface area contributed by atoms with E-state index in [0.717, 1.165) is 51.4 Å². The second-order valence-corrected chi connectivity index (χ2v) is 8.97. The molecule has 1 heterocycles. The molecule has 0 aromatic rings. The van der Waals surface area contributed by atoms with E-state index in [-0.39, 0.29) is 17.9 Å². The van der Waals surface area contributed by atoms with Crippen LogP contribution in [-0.4, -0.2) is 57.1 Å². The maximum Gasteiger partial charge on any atom is 0.326 e. The van der Waals surface area contributed by atoms with Crippen molar-refractivity contribution in [2.24, 2.45) is 11.8 Å². The highest BCUT2D eigenvalue weighted by Crippen LogP contribution is 2.40. The van der Waals surface area contributed by atoms with Gasteiger partial charge in [-0.05, 0) is 44.4 Å². The second-order valence-electron chi connectivity index (χ2n) is 8.97. The number of likely N-dealkylation sites (tertiary alicyclic amines) is 1. The Morgan fingerprint density at radius 1 is 1.00 bits per heavy atom. The van der Waals surface area contributed by atoms with Crippen LogP contribution in [0.5, 0.6) is 0 Å². The minimum absolute atomic E-state index is 0.0202. The van der Waals surface area contributed by atoms with E-state index in [0.29, 0.717) is 18.8 Å². The van der Waals surface area contributed by atoms with Gasteiger partial charge in [-0.25, -0.2) is 4.79 Å². The zero-order valence-corrected chi connectivity index (χ0v) is 16.8. The van der Waals surface area contributed by atoms with Crippen molar-refractivity contribution in [3.63, 3.8) is 0 Å². The molecule has 1 saturated heterocycles.